The molecule has 4 heteroatoms. The maximum atomic E-state index is 12.4. The first-order valence-electron chi connectivity index (χ1n) is 7.61. The van der Waals surface area contributed by atoms with E-state index in [2.05, 4.69) is 26.1 Å². The van der Waals surface area contributed by atoms with E-state index < -0.39 is 0 Å². The van der Waals surface area contributed by atoms with Crippen molar-refractivity contribution in [2.75, 3.05) is 13.2 Å². The molecule has 0 aromatic heterocycles. The number of carbonyl (C=O) groups is 1. The van der Waals surface area contributed by atoms with E-state index in [-0.39, 0.29) is 29.8 Å². The van der Waals surface area contributed by atoms with Crippen LogP contribution in [-0.4, -0.2) is 31.2 Å². The molecule has 0 aliphatic heterocycles. The van der Waals surface area contributed by atoms with Gasteiger partial charge in [0.15, 0.2) is 0 Å². The van der Waals surface area contributed by atoms with Gasteiger partial charge in [-0.05, 0) is 31.6 Å². The number of carbonyl (C=O) groups excluding carboxylic acids is 1. The van der Waals surface area contributed by atoms with Gasteiger partial charge in [0.2, 0.25) is 5.91 Å². The Labute approximate surface area is 117 Å². The number of amides is 1. The maximum absolute atomic E-state index is 12.4. The van der Waals surface area contributed by atoms with Crippen LogP contribution >= 0.6 is 0 Å². The summed E-state index contributed by atoms with van der Waals surface area (Å²) in [6.07, 6.45) is 3.05. The topological polar surface area (TPSA) is 64.3 Å². The SMILES string of the molecule is CCOCC(NC(=O)C1CCCC(N)C1C)C(C)C. The Kier molecular flexibility index (Phi) is 6.80. The highest BCUT2D eigenvalue weighted by atomic mass is 16.5. The van der Waals surface area contributed by atoms with Gasteiger partial charge in [-0.25, -0.2) is 0 Å². The molecule has 0 heterocycles. The molecule has 19 heavy (non-hydrogen) atoms. The monoisotopic (exact) mass is 270 g/mol. The van der Waals surface area contributed by atoms with E-state index in [1.807, 2.05) is 6.92 Å². The van der Waals surface area contributed by atoms with Gasteiger partial charge in [0.05, 0.1) is 12.6 Å². The average Bonchev–Trinajstić information content (AvgIpc) is 2.37. The van der Waals surface area contributed by atoms with E-state index >= 15 is 0 Å². The Hall–Kier alpha value is -0.610. The van der Waals surface area contributed by atoms with Gasteiger partial charge in [-0.2, -0.15) is 0 Å². The first kappa shape index (κ1) is 16.4. The number of hydrogen-bond donors (Lipinski definition) is 2. The number of nitrogens with one attached hydrogen (secondary N) is 1. The molecule has 4 atom stereocenters. The zero-order chi connectivity index (χ0) is 14.4. The maximum Gasteiger partial charge on any atom is 0.223 e. The van der Waals surface area contributed by atoms with E-state index in [1.165, 1.54) is 0 Å². The van der Waals surface area contributed by atoms with Gasteiger partial charge < -0.3 is 15.8 Å². The summed E-state index contributed by atoms with van der Waals surface area (Å²) in [4.78, 5) is 12.4. The van der Waals surface area contributed by atoms with Crippen LogP contribution in [0.2, 0.25) is 0 Å². The number of hydrogen-bond acceptors (Lipinski definition) is 3. The minimum absolute atomic E-state index is 0.0617. The Morgan fingerprint density at radius 3 is 2.68 bits per heavy atom. The number of ether oxygens (including phenoxy) is 1. The normalized spacial score (nSPS) is 29.3. The van der Waals surface area contributed by atoms with Crippen molar-refractivity contribution < 1.29 is 9.53 Å². The molecule has 4 nitrogen and oxygen atoms in total. The second-order valence-electron chi connectivity index (χ2n) is 6.08. The third-order valence-electron chi connectivity index (χ3n) is 4.33. The number of nitrogens with two attached hydrogens (primary N) is 1. The predicted molar refractivity (Wildman–Crippen MR) is 77.7 cm³/mol. The Morgan fingerprint density at radius 1 is 1.42 bits per heavy atom. The van der Waals surface area contributed by atoms with E-state index in [4.69, 9.17) is 10.5 Å². The summed E-state index contributed by atoms with van der Waals surface area (Å²) >= 11 is 0. The van der Waals surface area contributed by atoms with E-state index in [9.17, 15) is 4.79 Å². The average molecular weight is 270 g/mol. The van der Waals surface area contributed by atoms with Crippen molar-refractivity contribution in [2.45, 2.75) is 59.0 Å². The molecule has 1 rings (SSSR count). The summed E-state index contributed by atoms with van der Waals surface area (Å²) in [5, 5.41) is 3.15. The van der Waals surface area contributed by atoms with Crippen LogP contribution in [0.15, 0.2) is 0 Å². The van der Waals surface area contributed by atoms with Gasteiger partial charge in [0.1, 0.15) is 0 Å². The molecule has 0 aromatic carbocycles. The van der Waals surface area contributed by atoms with E-state index in [1.54, 1.807) is 0 Å². The molecule has 0 spiro atoms. The van der Waals surface area contributed by atoms with Crippen LogP contribution < -0.4 is 11.1 Å². The van der Waals surface area contributed by atoms with Crippen LogP contribution in [0.4, 0.5) is 0 Å². The first-order valence-corrected chi connectivity index (χ1v) is 7.61. The lowest BCUT2D eigenvalue weighted by atomic mass is 9.76. The minimum atomic E-state index is 0.0617. The third kappa shape index (κ3) is 4.77. The fraction of sp³-hybridized carbons (Fsp3) is 0.933. The van der Waals surface area contributed by atoms with Crippen molar-refractivity contribution in [1.82, 2.24) is 5.32 Å². The highest BCUT2D eigenvalue weighted by Gasteiger charge is 2.33. The molecule has 112 valence electrons. The fourth-order valence-corrected chi connectivity index (χ4v) is 2.70. The van der Waals surface area contributed by atoms with E-state index in [0.717, 1.165) is 19.3 Å². The molecule has 1 fully saturated rings. The zero-order valence-corrected chi connectivity index (χ0v) is 12.8. The molecule has 1 amide bonds. The molecule has 1 aliphatic rings. The highest BCUT2D eigenvalue weighted by molar-refractivity contribution is 5.79. The van der Waals surface area contributed by atoms with Crippen molar-refractivity contribution in [3.8, 4) is 0 Å². The van der Waals surface area contributed by atoms with Gasteiger partial charge in [-0.3, -0.25) is 4.79 Å². The Bertz CT molecular complexity index is 281. The Balaban J connectivity index is 2.55. The van der Waals surface area contributed by atoms with Crippen molar-refractivity contribution >= 4 is 5.91 Å². The van der Waals surface area contributed by atoms with Crippen molar-refractivity contribution in [3.05, 3.63) is 0 Å². The highest BCUT2D eigenvalue weighted by Crippen LogP contribution is 2.29. The zero-order valence-electron chi connectivity index (χ0n) is 12.8. The quantitative estimate of drug-likeness (QED) is 0.775. The summed E-state index contributed by atoms with van der Waals surface area (Å²) in [5.74, 6) is 0.865. The van der Waals surface area contributed by atoms with Crippen LogP contribution in [0, 0.1) is 17.8 Å². The second kappa shape index (κ2) is 7.85. The molecule has 0 saturated heterocycles. The van der Waals surface area contributed by atoms with Crippen LogP contribution in [0.1, 0.15) is 47.0 Å². The lowest BCUT2D eigenvalue weighted by Crippen LogP contribution is -2.49. The van der Waals surface area contributed by atoms with Gasteiger partial charge in [-0.15, -0.1) is 0 Å². The van der Waals surface area contributed by atoms with Crippen LogP contribution in [0.5, 0.6) is 0 Å². The van der Waals surface area contributed by atoms with Crippen molar-refractivity contribution in [1.29, 1.82) is 0 Å². The Morgan fingerprint density at radius 2 is 2.11 bits per heavy atom. The van der Waals surface area contributed by atoms with Crippen molar-refractivity contribution in [3.63, 3.8) is 0 Å². The summed E-state index contributed by atoms with van der Waals surface area (Å²) < 4.78 is 5.45. The molecule has 4 unspecified atom stereocenters. The second-order valence-corrected chi connectivity index (χ2v) is 6.08. The van der Waals surface area contributed by atoms with Crippen LogP contribution in [0.3, 0.4) is 0 Å². The smallest absolute Gasteiger partial charge is 0.223 e. The van der Waals surface area contributed by atoms with Crippen LogP contribution in [-0.2, 0) is 9.53 Å². The minimum Gasteiger partial charge on any atom is -0.380 e. The summed E-state index contributed by atoms with van der Waals surface area (Å²) in [6, 6.07) is 0.256. The summed E-state index contributed by atoms with van der Waals surface area (Å²) in [7, 11) is 0. The molecule has 1 aliphatic carbocycles. The fourth-order valence-electron chi connectivity index (χ4n) is 2.70. The molecule has 0 bridgehead atoms. The first-order chi connectivity index (χ1) is 8.97. The predicted octanol–water partition coefficient (Wildman–Crippen LogP) is 1.93. The summed E-state index contributed by atoms with van der Waals surface area (Å²) in [5.41, 5.74) is 6.07. The van der Waals surface area contributed by atoms with E-state index in [0.29, 0.717) is 19.1 Å². The standard InChI is InChI=1S/C15H30N2O2/c1-5-19-9-14(10(2)3)17-15(18)12-7-6-8-13(16)11(12)4/h10-14H,5-9,16H2,1-4H3,(H,17,18). The van der Waals surface area contributed by atoms with Gasteiger partial charge in [0, 0.05) is 18.6 Å². The third-order valence-corrected chi connectivity index (χ3v) is 4.33. The van der Waals surface area contributed by atoms with Gasteiger partial charge >= 0.3 is 0 Å². The molecule has 3 N–H and O–H groups in total. The van der Waals surface area contributed by atoms with Gasteiger partial charge in [-0.1, -0.05) is 27.2 Å². The van der Waals surface area contributed by atoms with Gasteiger partial charge in [0.25, 0.3) is 0 Å². The lowest BCUT2D eigenvalue weighted by molar-refractivity contribution is -0.129. The van der Waals surface area contributed by atoms with Crippen molar-refractivity contribution in [2.24, 2.45) is 23.5 Å². The largest absolute Gasteiger partial charge is 0.380 e. The molecule has 0 radical (unpaired) electrons. The molecular formula is C15H30N2O2. The molecule has 1 saturated carbocycles. The lowest BCUT2D eigenvalue weighted by Gasteiger charge is -2.34. The molecule has 0 aromatic rings. The number of rotatable bonds is 6. The molecular weight excluding hydrogens is 240 g/mol. The van der Waals surface area contributed by atoms with Crippen LogP contribution in [0.25, 0.3) is 0 Å². The summed E-state index contributed by atoms with van der Waals surface area (Å²) in [6.45, 7) is 9.57.